The summed E-state index contributed by atoms with van der Waals surface area (Å²) in [5.41, 5.74) is 5.19. The standard InChI is InChI=1S/C21H25N5/c1-24-19-10-13-25(15-20-22-11-14-26(20)17-7-8-17)12-9-18(19)21(23-24)16-5-3-2-4-6-16/h2-6,11,14,17H,7-10,12-13,15H2,1H3. The number of fused-ring (bicyclic) bond motifs is 1. The monoisotopic (exact) mass is 347 g/mol. The van der Waals surface area contributed by atoms with Crippen molar-refractivity contribution in [2.24, 2.45) is 7.05 Å². The number of imidazole rings is 1. The van der Waals surface area contributed by atoms with Crippen molar-refractivity contribution >= 4 is 0 Å². The largest absolute Gasteiger partial charge is 0.331 e. The molecule has 5 rings (SSSR count). The Hall–Kier alpha value is -2.40. The second kappa shape index (κ2) is 6.40. The number of hydrogen-bond donors (Lipinski definition) is 0. The molecule has 1 aliphatic heterocycles. The molecule has 0 saturated heterocycles. The highest BCUT2D eigenvalue weighted by Crippen LogP contribution is 2.36. The zero-order valence-corrected chi connectivity index (χ0v) is 15.3. The quantitative estimate of drug-likeness (QED) is 0.727. The Morgan fingerprint density at radius 2 is 1.88 bits per heavy atom. The van der Waals surface area contributed by atoms with Crippen LogP contribution in [0.4, 0.5) is 0 Å². The summed E-state index contributed by atoms with van der Waals surface area (Å²) in [6.45, 7) is 3.08. The van der Waals surface area contributed by atoms with Crippen molar-refractivity contribution < 1.29 is 0 Å². The SMILES string of the molecule is Cn1nc(-c2ccccc2)c2c1CCN(Cc1nccn1C1CC1)CC2. The summed E-state index contributed by atoms with van der Waals surface area (Å²) in [5, 5.41) is 4.83. The zero-order valence-electron chi connectivity index (χ0n) is 15.3. The van der Waals surface area contributed by atoms with Gasteiger partial charge in [0.15, 0.2) is 0 Å². The lowest BCUT2D eigenvalue weighted by molar-refractivity contribution is 0.266. The van der Waals surface area contributed by atoms with E-state index >= 15 is 0 Å². The Morgan fingerprint density at radius 3 is 2.69 bits per heavy atom. The van der Waals surface area contributed by atoms with Crippen LogP contribution in [0, 0.1) is 0 Å². The van der Waals surface area contributed by atoms with Gasteiger partial charge in [-0.25, -0.2) is 4.98 Å². The smallest absolute Gasteiger partial charge is 0.123 e. The van der Waals surface area contributed by atoms with Crippen molar-refractivity contribution in [3.05, 3.63) is 59.8 Å². The van der Waals surface area contributed by atoms with Gasteiger partial charge in [-0.05, 0) is 19.3 Å². The molecular formula is C21H25N5. The summed E-state index contributed by atoms with van der Waals surface area (Å²) in [4.78, 5) is 7.18. The summed E-state index contributed by atoms with van der Waals surface area (Å²) in [5.74, 6) is 1.22. The summed E-state index contributed by atoms with van der Waals surface area (Å²) in [6.07, 6.45) is 8.82. The van der Waals surface area contributed by atoms with Crippen molar-refractivity contribution in [1.82, 2.24) is 24.2 Å². The Bertz CT molecular complexity index is 904. The van der Waals surface area contributed by atoms with Crippen molar-refractivity contribution in [1.29, 1.82) is 0 Å². The average Bonchev–Trinajstić information content (AvgIpc) is 3.37. The number of nitrogens with zero attached hydrogens (tertiary/aromatic N) is 5. The summed E-state index contributed by atoms with van der Waals surface area (Å²) in [7, 11) is 2.08. The van der Waals surface area contributed by atoms with E-state index in [-0.39, 0.29) is 0 Å². The van der Waals surface area contributed by atoms with E-state index in [0.717, 1.165) is 38.2 Å². The van der Waals surface area contributed by atoms with Gasteiger partial charge in [0.05, 0.1) is 12.2 Å². The third-order valence-corrected chi connectivity index (χ3v) is 5.72. The molecular weight excluding hydrogens is 322 g/mol. The first-order valence-electron chi connectivity index (χ1n) is 9.64. The summed E-state index contributed by atoms with van der Waals surface area (Å²) < 4.78 is 4.47. The first-order chi connectivity index (χ1) is 12.8. The fourth-order valence-electron chi connectivity index (χ4n) is 4.16. The van der Waals surface area contributed by atoms with Crippen LogP contribution in [0.5, 0.6) is 0 Å². The molecule has 3 heterocycles. The van der Waals surface area contributed by atoms with E-state index in [1.165, 1.54) is 35.5 Å². The normalized spacial score (nSPS) is 17.9. The Morgan fingerprint density at radius 1 is 1.08 bits per heavy atom. The minimum atomic E-state index is 0.700. The van der Waals surface area contributed by atoms with Crippen LogP contribution in [0.25, 0.3) is 11.3 Å². The molecule has 5 heteroatoms. The second-order valence-corrected chi connectivity index (χ2v) is 7.52. The molecule has 2 aromatic heterocycles. The van der Waals surface area contributed by atoms with E-state index in [1.54, 1.807) is 0 Å². The van der Waals surface area contributed by atoms with Crippen LogP contribution in [0.2, 0.25) is 0 Å². The molecule has 0 N–H and O–H groups in total. The van der Waals surface area contributed by atoms with E-state index in [4.69, 9.17) is 5.10 Å². The zero-order chi connectivity index (χ0) is 17.5. The number of hydrogen-bond acceptors (Lipinski definition) is 3. The van der Waals surface area contributed by atoms with E-state index < -0.39 is 0 Å². The second-order valence-electron chi connectivity index (χ2n) is 7.52. The third kappa shape index (κ3) is 2.86. The molecule has 1 fully saturated rings. The van der Waals surface area contributed by atoms with Crippen molar-refractivity contribution in [2.75, 3.05) is 13.1 Å². The van der Waals surface area contributed by atoms with E-state index in [9.17, 15) is 0 Å². The minimum absolute atomic E-state index is 0.700. The summed E-state index contributed by atoms with van der Waals surface area (Å²) in [6, 6.07) is 11.3. The van der Waals surface area contributed by atoms with Crippen LogP contribution < -0.4 is 0 Å². The maximum absolute atomic E-state index is 4.83. The molecule has 0 unspecified atom stereocenters. The summed E-state index contributed by atoms with van der Waals surface area (Å²) >= 11 is 0. The van der Waals surface area contributed by atoms with E-state index in [2.05, 4.69) is 62.7 Å². The van der Waals surface area contributed by atoms with Crippen molar-refractivity contribution in [3.8, 4) is 11.3 Å². The third-order valence-electron chi connectivity index (χ3n) is 5.72. The highest BCUT2D eigenvalue weighted by Gasteiger charge is 2.27. The number of rotatable bonds is 4. The van der Waals surface area contributed by atoms with Crippen molar-refractivity contribution in [3.63, 3.8) is 0 Å². The predicted molar refractivity (Wildman–Crippen MR) is 102 cm³/mol. The van der Waals surface area contributed by atoms with Crippen LogP contribution in [-0.2, 0) is 26.4 Å². The lowest BCUT2D eigenvalue weighted by atomic mass is 10.0. The molecule has 0 spiro atoms. The fourth-order valence-corrected chi connectivity index (χ4v) is 4.16. The van der Waals surface area contributed by atoms with Crippen LogP contribution >= 0.6 is 0 Å². The van der Waals surface area contributed by atoms with Crippen LogP contribution in [-0.4, -0.2) is 37.3 Å². The molecule has 26 heavy (non-hydrogen) atoms. The molecule has 1 aliphatic carbocycles. The molecule has 1 saturated carbocycles. The lowest BCUT2D eigenvalue weighted by Crippen LogP contribution is -2.27. The number of aromatic nitrogens is 4. The molecule has 0 atom stereocenters. The first-order valence-corrected chi connectivity index (χ1v) is 9.64. The van der Waals surface area contributed by atoms with Crippen LogP contribution in [0.1, 0.15) is 36.0 Å². The Labute approximate surface area is 154 Å². The minimum Gasteiger partial charge on any atom is -0.331 e. The van der Waals surface area contributed by atoms with Crippen molar-refractivity contribution in [2.45, 2.75) is 38.3 Å². The molecule has 5 nitrogen and oxygen atoms in total. The van der Waals surface area contributed by atoms with Gasteiger partial charge in [0.2, 0.25) is 0 Å². The maximum atomic E-state index is 4.83. The molecule has 2 aliphatic rings. The van der Waals surface area contributed by atoms with Gasteiger partial charge < -0.3 is 4.57 Å². The Kier molecular flexibility index (Phi) is 3.89. The van der Waals surface area contributed by atoms with Gasteiger partial charge in [0.1, 0.15) is 5.82 Å². The molecule has 0 bridgehead atoms. The van der Waals surface area contributed by atoms with Gasteiger partial charge in [-0.1, -0.05) is 30.3 Å². The van der Waals surface area contributed by atoms with Crippen LogP contribution in [0.15, 0.2) is 42.7 Å². The fraction of sp³-hybridized carbons (Fsp3) is 0.429. The van der Waals surface area contributed by atoms with Gasteiger partial charge in [-0.15, -0.1) is 0 Å². The molecule has 0 radical (unpaired) electrons. The molecule has 3 aromatic rings. The van der Waals surface area contributed by atoms with Gasteiger partial charge in [0, 0.05) is 61.8 Å². The topological polar surface area (TPSA) is 38.9 Å². The van der Waals surface area contributed by atoms with E-state index in [1.807, 2.05) is 6.20 Å². The first kappa shape index (κ1) is 15.8. The van der Waals surface area contributed by atoms with Gasteiger partial charge in [0.25, 0.3) is 0 Å². The van der Waals surface area contributed by atoms with Gasteiger partial charge in [-0.3, -0.25) is 9.58 Å². The Balaban J connectivity index is 1.37. The highest BCUT2D eigenvalue weighted by atomic mass is 15.3. The number of benzene rings is 1. The van der Waals surface area contributed by atoms with Gasteiger partial charge >= 0.3 is 0 Å². The molecule has 0 amide bonds. The highest BCUT2D eigenvalue weighted by molar-refractivity contribution is 5.64. The van der Waals surface area contributed by atoms with Gasteiger partial charge in [-0.2, -0.15) is 5.10 Å². The van der Waals surface area contributed by atoms with E-state index in [0.29, 0.717) is 6.04 Å². The number of aryl methyl sites for hydroxylation is 1. The molecule has 1 aromatic carbocycles. The molecule has 134 valence electrons. The average molecular weight is 347 g/mol. The predicted octanol–water partition coefficient (Wildman–Crippen LogP) is 3.22. The lowest BCUT2D eigenvalue weighted by Gasteiger charge is -2.20. The maximum Gasteiger partial charge on any atom is 0.123 e. The van der Waals surface area contributed by atoms with Crippen LogP contribution in [0.3, 0.4) is 0 Å².